The zero-order valence-electron chi connectivity index (χ0n) is 12.7. The Morgan fingerprint density at radius 3 is 2.86 bits per heavy atom. The van der Waals surface area contributed by atoms with Gasteiger partial charge in [0.2, 0.25) is 0 Å². The number of hydrogen-bond donors (Lipinski definition) is 2. The third-order valence-corrected chi connectivity index (χ3v) is 4.19. The third-order valence-electron chi connectivity index (χ3n) is 4.19. The molecule has 2 N–H and O–H groups in total. The van der Waals surface area contributed by atoms with Crippen LogP contribution in [0.25, 0.3) is 0 Å². The Labute approximate surface area is 131 Å². The molecule has 1 atom stereocenters. The van der Waals surface area contributed by atoms with Gasteiger partial charge >= 0.3 is 0 Å². The first-order valence-electron chi connectivity index (χ1n) is 7.87. The van der Waals surface area contributed by atoms with Crippen molar-refractivity contribution in [2.45, 2.75) is 31.5 Å². The van der Waals surface area contributed by atoms with Gasteiger partial charge in [-0.2, -0.15) is 0 Å². The van der Waals surface area contributed by atoms with Gasteiger partial charge in [0.1, 0.15) is 11.9 Å². The highest BCUT2D eigenvalue weighted by atomic mass is 16.4. The van der Waals surface area contributed by atoms with Crippen LogP contribution >= 0.6 is 0 Å². The molecular weight excluding hydrogens is 278 g/mol. The van der Waals surface area contributed by atoms with Gasteiger partial charge in [-0.1, -0.05) is 6.07 Å². The second kappa shape index (κ2) is 7.54. The summed E-state index contributed by atoms with van der Waals surface area (Å²) in [6.45, 7) is 3.66. The number of piperidine rings is 1. The summed E-state index contributed by atoms with van der Waals surface area (Å²) in [4.78, 5) is 6.62. The van der Waals surface area contributed by atoms with E-state index < -0.39 is 6.10 Å². The van der Waals surface area contributed by atoms with Gasteiger partial charge in [-0.3, -0.25) is 9.88 Å². The van der Waals surface area contributed by atoms with E-state index in [9.17, 15) is 5.11 Å². The second-order valence-electron chi connectivity index (χ2n) is 5.85. The van der Waals surface area contributed by atoms with Crippen LogP contribution in [0.5, 0.6) is 0 Å². The minimum absolute atomic E-state index is 0.467. The summed E-state index contributed by atoms with van der Waals surface area (Å²) in [7, 11) is 0. The summed E-state index contributed by atoms with van der Waals surface area (Å²) in [5.41, 5.74) is 1.27. The number of likely N-dealkylation sites (tertiary alicyclic amines) is 1. The lowest BCUT2D eigenvalue weighted by atomic mass is 10.0. The summed E-state index contributed by atoms with van der Waals surface area (Å²) >= 11 is 0. The number of rotatable bonds is 6. The van der Waals surface area contributed by atoms with Crippen LogP contribution in [0.1, 0.15) is 30.3 Å². The van der Waals surface area contributed by atoms with Gasteiger partial charge in [-0.05, 0) is 49.7 Å². The molecule has 5 heteroatoms. The van der Waals surface area contributed by atoms with Crippen molar-refractivity contribution in [1.82, 2.24) is 15.2 Å². The molecule has 2 aromatic rings. The van der Waals surface area contributed by atoms with Crippen molar-refractivity contribution in [3.8, 4) is 0 Å². The summed E-state index contributed by atoms with van der Waals surface area (Å²) < 4.78 is 5.21. The van der Waals surface area contributed by atoms with Crippen molar-refractivity contribution in [2.24, 2.45) is 0 Å². The molecule has 0 radical (unpaired) electrons. The van der Waals surface area contributed by atoms with Crippen molar-refractivity contribution < 1.29 is 9.52 Å². The van der Waals surface area contributed by atoms with Crippen LogP contribution in [0.4, 0.5) is 0 Å². The minimum Gasteiger partial charge on any atom is -0.467 e. The number of pyridine rings is 1. The van der Waals surface area contributed by atoms with Gasteiger partial charge in [0.15, 0.2) is 0 Å². The topological polar surface area (TPSA) is 61.5 Å². The predicted octanol–water partition coefficient (Wildman–Crippen LogP) is 1.96. The lowest BCUT2D eigenvalue weighted by Crippen LogP contribution is -2.43. The number of hydrogen-bond acceptors (Lipinski definition) is 5. The van der Waals surface area contributed by atoms with E-state index in [1.54, 1.807) is 12.3 Å². The van der Waals surface area contributed by atoms with Crippen LogP contribution in [0.2, 0.25) is 0 Å². The maximum atomic E-state index is 10.0. The average Bonchev–Trinajstić information content (AvgIpc) is 3.09. The van der Waals surface area contributed by atoms with E-state index in [2.05, 4.69) is 21.3 Å². The molecule has 0 saturated carbocycles. The number of nitrogens with zero attached hydrogens (tertiary/aromatic N) is 2. The first-order chi connectivity index (χ1) is 10.8. The molecule has 0 amide bonds. The molecule has 0 bridgehead atoms. The molecule has 0 spiro atoms. The monoisotopic (exact) mass is 301 g/mol. The lowest BCUT2D eigenvalue weighted by molar-refractivity contribution is 0.131. The fourth-order valence-electron chi connectivity index (χ4n) is 2.90. The number of aromatic nitrogens is 1. The molecule has 1 fully saturated rings. The first kappa shape index (κ1) is 15.2. The van der Waals surface area contributed by atoms with Crippen molar-refractivity contribution in [3.63, 3.8) is 0 Å². The average molecular weight is 301 g/mol. The summed E-state index contributed by atoms with van der Waals surface area (Å²) in [6, 6.07) is 8.18. The first-order valence-corrected chi connectivity index (χ1v) is 7.87. The van der Waals surface area contributed by atoms with Gasteiger partial charge in [0.05, 0.1) is 6.26 Å². The molecule has 0 aromatic carbocycles. The fourth-order valence-corrected chi connectivity index (χ4v) is 2.90. The molecule has 1 saturated heterocycles. The molecular formula is C17H23N3O2. The van der Waals surface area contributed by atoms with Crippen LogP contribution < -0.4 is 5.32 Å². The van der Waals surface area contributed by atoms with Gasteiger partial charge in [-0.15, -0.1) is 0 Å². The van der Waals surface area contributed by atoms with Crippen molar-refractivity contribution in [3.05, 3.63) is 54.2 Å². The van der Waals surface area contributed by atoms with E-state index in [0.717, 1.165) is 32.5 Å². The zero-order valence-corrected chi connectivity index (χ0v) is 12.7. The Bertz CT molecular complexity index is 536. The van der Waals surface area contributed by atoms with Crippen LogP contribution in [0.3, 0.4) is 0 Å². The summed E-state index contributed by atoms with van der Waals surface area (Å²) in [5.74, 6) is 0.626. The minimum atomic E-state index is -0.566. The molecule has 3 rings (SSSR count). The SMILES string of the molecule is OC(CNC1CCN(Cc2cccnc2)CC1)c1ccco1. The highest BCUT2D eigenvalue weighted by Crippen LogP contribution is 2.16. The molecule has 1 aliphatic heterocycles. The van der Waals surface area contributed by atoms with E-state index in [1.165, 1.54) is 5.56 Å². The van der Waals surface area contributed by atoms with E-state index in [-0.39, 0.29) is 0 Å². The van der Waals surface area contributed by atoms with Crippen molar-refractivity contribution in [2.75, 3.05) is 19.6 Å². The molecule has 3 heterocycles. The third kappa shape index (κ3) is 4.16. The Kier molecular flexibility index (Phi) is 5.21. The number of aliphatic hydroxyl groups excluding tert-OH is 1. The normalized spacial score (nSPS) is 18.4. The lowest BCUT2D eigenvalue weighted by Gasteiger charge is -2.32. The number of furan rings is 1. The quantitative estimate of drug-likeness (QED) is 0.854. The Morgan fingerprint density at radius 1 is 1.32 bits per heavy atom. The Hall–Kier alpha value is -1.69. The molecule has 1 unspecified atom stereocenters. The second-order valence-corrected chi connectivity index (χ2v) is 5.85. The highest BCUT2D eigenvalue weighted by molar-refractivity contribution is 5.08. The molecule has 2 aromatic heterocycles. The van der Waals surface area contributed by atoms with Crippen LogP contribution in [-0.4, -0.2) is 40.7 Å². The van der Waals surface area contributed by atoms with Crippen LogP contribution in [-0.2, 0) is 6.54 Å². The maximum Gasteiger partial charge on any atom is 0.133 e. The predicted molar refractivity (Wildman–Crippen MR) is 84.2 cm³/mol. The summed E-state index contributed by atoms with van der Waals surface area (Å²) in [5, 5.41) is 13.5. The van der Waals surface area contributed by atoms with E-state index in [0.29, 0.717) is 18.3 Å². The van der Waals surface area contributed by atoms with Gasteiger partial charge in [-0.25, -0.2) is 0 Å². The number of aliphatic hydroxyl groups is 1. The molecule has 1 aliphatic rings. The smallest absolute Gasteiger partial charge is 0.133 e. The Balaban J connectivity index is 1.38. The van der Waals surface area contributed by atoms with Gasteiger partial charge < -0.3 is 14.8 Å². The largest absolute Gasteiger partial charge is 0.467 e. The Morgan fingerprint density at radius 2 is 2.18 bits per heavy atom. The van der Waals surface area contributed by atoms with Crippen LogP contribution in [0.15, 0.2) is 47.3 Å². The van der Waals surface area contributed by atoms with Crippen molar-refractivity contribution in [1.29, 1.82) is 0 Å². The summed E-state index contributed by atoms with van der Waals surface area (Å²) in [6.07, 6.45) is 6.98. The molecule has 118 valence electrons. The van der Waals surface area contributed by atoms with Crippen LogP contribution in [0, 0.1) is 0 Å². The van der Waals surface area contributed by atoms with Gasteiger partial charge in [0.25, 0.3) is 0 Å². The standard InChI is InChI=1S/C17H23N3O2/c21-16(17-4-2-10-22-17)12-19-15-5-8-20(9-6-15)13-14-3-1-7-18-11-14/h1-4,7,10-11,15-16,19,21H,5-6,8-9,12-13H2. The van der Waals surface area contributed by atoms with E-state index >= 15 is 0 Å². The fraction of sp³-hybridized carbons (Fsp3) is 0.471. The zero-order chi connectivity index (χ0) is 15.2. The van der Waals surface area contributed by atoms with Crippen molar-refractivity contribution >= 4 is 0 Å². The number of nitrogens with one attached hydrogen (secondary N) is 1. The van der Waals surface area contributed by atoms with E-state index in [4.69, 9.17) is 4.42 Å². The maximum absolute atomic E-state index is 10.0. The molecule has 22 heavy (non-hydrogen) atoms. The highest BCUT2D eigenvalue weighted by Gasteiger charge is 2.20. The van der Waals surface area contributed by atoms with E-state index in [1.807, 2.05) is 24.5 Å². The molecule has 0 aliphatic carbocycles. The molecule has 5 nitrogen and oxygen atoms in total. The van der Waals surface area contributed by atoms with Gasteiger partial charge in [0, 0.05) is 31.5 Å².